The summed E-state index contributed by atoms with van der Waals surface area (Å²) in [5.74, 6) is -3.05. The number of fused-ring (bicyclic) bond motifs is 1. The zero-order chi connectivity index (χ0) is 23.7. The van der Waals surface area contributed by atoms with E-state index in [0.717, 1.165) is 18.2 Å². The van der Waals surface area contributed by atoms with Crippen molar-refractivity contribution in [3.63, 3.8) is 0 Å². The molecule has 0 saturated heterocycles. The van der Waals surface area contributed by atoms with Crippen LogP contribution in [0.3, 0.4) is 0 Å². The Morgan fingerprint density at radius 3 is 2.67 bits per heavy atom. The Kier molecular flexibility index (Phi) is 6.30. The second-order valence-corrected chi connectivity index (χ2v) is 8.29. The first-order chi connectivity index (χ1) is 15.7. The lowest BCUT2D eigenvalue weighted by Crippen LogP contribution is -2.14. The standard InChI is InChI=1S/C23H17F3N2O4S/c1-12-14-10-17(25)20(31-22-16(24)6-4-8-27-22)11-19(14)32-23(29)15(12)9-13-5-3-7-18(21(13)26)28-33(2)30/h3-8,10-11,28H,9H2,1-2H3. The number of hydrogen-bond donors (Lipinski definition) is 1. The van der Waals surface area contributed by atoms with Crippen LogP contribution in [-0.4, -0.2) is 15.8 Å². The van der Waals surface area contributed by atoms with E-state index in [4.69, 9.17) is 9.15 Å². The SMILES string of the molecule is Cc1c(Cc2cccc(N[S+](C)[O-])c2F)c(=O)oc2cc(Oc3ncccc3F)c(F)cc12. The van der Waals surface area contributed by atoms with Gasteiger partial charge >= 0.3 is 5.63 Å². The lowest BCUT2D eigenvalue weighted by molar-refractivity contribution is 0.398. The number of aryl methyl sites for hydroxylation is 1. The van der Waals surface area contributed by atoms with E-state index in [2.05, 4.69) is 9.71 Å². The third kappa shape index (κ3) is 4.67. The van der Waals surface area contributed by atoms with E-state index in [0.29, 0.717) is 5.56 Å². The zero-order valence-corrected chi connectivity index (χ0v) is 18.3. The van der Waals surface area contributed by atoms with Gasteiger partial charge in [0.05, 0.1) is 11.4 Å². The number of ether oxygens (including phenoxy) is 1. The Morgan fingerprint density at radius 1 is 1.15 bits per heavy atom. The summed E-state index contributed by atoms with van der Waals surface area (Å²) in [4.78, 5) is 16.4. The topological polar surface area (TPSA) is 87.4 Å². The first kappa shape index (κ1) is 22.7. The summed E-state index contributed by atoms with van der Waals surface area (Å²) in [6, 6.07) is 9.18. The van der Waals surface area contributed by atoms with E-state index in [9.17, 15) is 22.5 Å². The van der Waals surface area contributed by atoms with Crippen molar-refractivity contribution in [2.45, 2.75) is 13.3 Å². The highest BCUT2D eigenvalue weighted by Gasteiger charge is 2.19. The summed E-state index contributed by atoms with van der Waals surface area (Å²) < 4.78 is 67.8. The second-order valence-electron chi connectivity index (χ2n) is 7.18. The summed E-state index contributed by atoms with van der Waals surface area (Å²) in [5, 5.41) is 0.278. The maximum Gasteiger partial charge on any atom is 0.340 e. The van der Waals surface area contributed by atoms with E-state index >= 15 is 0 Å². The van der Waals surface area contributed by atoms with Crippen molar-refractivity contribution < 1.29 is 26.9 Å². The molecule has 2 heterocycles. The minimum absolute atomic E-state index is 0.0197. The maximum atomic E-state index is 14.8. The molecule has 4 aromatic rings. The molecular weight excluding hydrogens is 457 g/mol. The Morgan fingerprint density at radius 2 is 1.94 bits per heavy atom. The summed E-state index contributed by atoms with van der Waals surface area (Å²) in [7, 11) is 0. The maximum absolute atomic E-state index is 14.8. The van der Waals surface area contributed by atoms with Gasteiger partial charge in [-0.2, -0.15) is 0 Å². The van der Waals surface area contributed by atoms with E-state index in [1.807, 2.05) is 0 Å². The molecule has 0 aliphatic rings. The number of nitrogens with zero attached hydrogens (tertiary/aromatic N) is 1. The van der Waals surface area contributed by atoms with Crippen molar-refractivity contribution >= 4 is 28.0 Å². The average Bonchev–Trinajstić information content (AvgIpc) is 2.76. The van der Waals surface area contributed by atoms with Crippen LogP contribution in [0.25, 0.3) is 11.0 Å². The average molecular weight is 474 g/mol. The van der Waals surface area contributed by atoms with Crippen molar-refractivity contribution in [3.05, 3.63) is 93.2 Å². The minimum Gasteiger partial charge on any atom is -0.593 e. The van der Waals surface area contributed by atoms with Crippen LogP contribution in [0.5, 0.6) is 11.6 Å². The third-order valence-corrected chi connectivity index (χ3v) is 5.48. The predicted octanol–water partition coefficient (Wildman–Crippen LogP) is 5.00. The van der Waals surface area contributed by atoms with Crippen LogP contribution in [0.4, 0.5) is 18.9 Å². The summed E-state index contributed by atoms with van der Waals surface area (Å²) in [5.41, 5.74) is 0.0224. The molecule has 0 bridgehead atoms. The molecular formula is C23H17F3N2O4S. The molecule has 4 rings (SSSR count). The second kappa shape index (κ2) is 9.16. The molecule has 1 unspecified atom stereocenters. The van der Waals surface area contributed by atoms with Gasteiger partial charge in [0.15, 0.2) is 23.2 Å². The van der Waals surface area contributed by atoms with E-state index in [1.54, 1.807) is 13.0 Å². The van der Waals surface area contributed by atoms with Crippen LogP contribution in [-0.2, 0) is 17.8 Å². The van der Waals surface area contributed by atoms with Gasteiger partial charge in [-0.15, -0.1) is 0 Å². The molecule has 0 aliphatic carbocycles. The molecule has 0 fully saturated rings. The van der Waals surface area contributed by atoms with Crippen LogP contribution in [0.15, 0.2) is 57.9 Å². The number of hydrogen-bond acceptors (Lipinski definition) is 6. The molecule has 33 heavy (non-hydrogen) atoms. The summed E-state index contributed by atoms with van der Waals surface area (Å²) >= 11 is -1.48. The van der Waals surface area contributed by atoms with Gasteiger partial charge in [0.1, 0.15) is 17.5 Å². The van der Waals surface area contributed by atoms with Crippen molar-refractivity contribution in [1.29, 1.82) is 0 Å². The van der Waals surface area contributed by atoms with Gasteiger partial charge in [-0.05, 0) is 42.3 Å². The van der Waals surface area contributed by atoms with Gasteiger partial charge in [0.2, 0.25) is 0 Å². The highest BCUT2D eigenvalue weighted by Crippen LogP contribution is 2.31. The smallest absolute Gasteiger partial charge is 0.340 e. The van der Waals surface area contributed by atoms with Crippen molar-refractivity contribution in [2.75, 3.05) is 11.0 Å². The van der Waals surface area contributed by atoms with E-state index < -0.39 is 40.3 Å². The summed E-state index contributed by atoms with van der Waals surface area (Å²) in [6.45, 7) is 1.59. The van der Waals surface area contributed by atoms with Gasteiger partial charge in [-0.1, -0.05) is 12.1 Å². The van der Waals surface area contributed by atoms with E-state index in [1.165, 1.54) is 30.7 Å². The predicted molar refractivity (Wildman–Crippen MR) is 118 cm³/mol. The molecule has 2 aromatic heterocycles. The molecule has 0 aliphatic heterocycles. The van der Waals surface area contributed by atoms with Gasteiger partial charge < -0.3 is 13.7 Å². The van der Waals surface area contributed by atoms with Crippen LogP contribution in [0.1, 0.15) is 16.7 Å². The quantitative estimate of drug-likeness (QED) is 0.313. The fraction of sp³-hybridized carbons (Fsp3) is 0.130. The van der Waals surface area contributed by atoms with Crippen LogP contribution in [0, 0.1) is 24.4 Å². The molecule has 0 radical (unpaired) electrons. The Balaban J connectivity index is 1.74. The minimum atomic E-state index is -1.48. The lowest BCUT2D eigenvalue weighted by Gasteiger charge is -2.13. The normalized spacial score (nSPS) is 12.1. The highest BCUT2D eigenvalue weighted by atomic mass is 32.2. The molecule has 170 valence electrons. The van der Waals surface area contributed by atoms with Gasteiger partial charge in [-0.25, -0.2) is 27.7 Å². The number of halogens is 3. The Labute approximate surface area is 189 Å². The summed E-state index contributed by atoms with van der Waals surface area (Å²) in [6.07, 6.45) is 2.53. The lowest BCUT2D eigenvalue weighted by atomic mass is 9.99. The number of rotatable bonds is 6. The van der Waals surface area contributed by atoms with Crippen molar-refractivity contribution in [2.24, 2.45) is 0 Å². The number of nitrogens with one attached hydrogen (secondary N) is 1. The molecule has 0 spiro atoms. The van der Waals surface area contributed by atoms with Crippen molar-refractivity contribution in [1.82, 2.24) is 4.98 Å². The number of anilines is 1. The monoisotopic (exact) mass is 474 g/mol. The Hall–Kier alpha value is -3.50. The molecule has 0 amide bonds. The largest absolute Gasteiger partial charge is 0.593 e. The number of aromatic nitrogens is 1. The van der Waals surface area contributed by atoms with Crippen molar-refractivity contribution in [3.8, 4) is 11.6 Å². The van der Waals surface area contributed by atoms with Crippen LogP contribution >= 0.6 is 0 Å². The van der Waals surface area contributed by atoms with Crippen LogP contribution in [0.2, 0.25) is 0 Å². The molecule has 0 saturated carbocycles. The van der Waals surface area contributed by atoms with Crippen LogP contribution < -0.4 is 15.1 Å². The third-order valence-electron chi connectivity index (χ3n) is 4.97. The molecule has 2 aromatic carbocycles. The number of benzene rings is 2. The van der Waals surface area contributed by atoms with E-state index in [-0.39, 0.29) is 40.0 Å². The molecule has 1 atom stereocenters. The zero-order valence-electron chi connectivity index (χ0n) is 17.4. The fourth-order valence-electron chi connectivity index (χ4n) is 3.36. The fourth-order valence-corrected chi connectivity index (χ4v) is 3.83. The molecule has 1 N–H and O–H groups in total. The first-order valence-electron chi connectivity index (χ1n) is 9.66. The van der Waals surface area contributed by atoms with Gasteiger partial charge in [-0.3, -0.25) is 0 Å². The first-order valence-corrected chi connectivity index (χ1v) is 11.2. The highest BCUT2D eigenvalue weighted by molar-refractivity contribution is 7.92. The Bertz CT molecular complexity index is 1410. The van der Waals surface area contributed by atoms with Gasteiger partial charge in [0, 0.05) is 29.6 Å². The number of pyridine rings is 1. The molecule has 6 nitrogen and oxygen atoms in total. The molecule has 10 heteroatoms. The van der Waals surface area contributed by atoms with Gasteiger partial charge in [0.25, 0.3) is 5.88 Å².